The van der Waals surface area contributed by atoms with Crippen LogP contribution in [0.15, 0.2) is 6.20 Å². The number of nitrogens with zero attached hydrogens (tertiary/aromatic N) is 2. The molecule has 0 aliphatic carbocycles. The molecular formula is C14H25N3OS2. The maximum atomic E-state index is 5.51. The molecule has 0 radical (unpaired) electrons. The Kier molecular flexibility index (Phi) is 5.69. The molecule has 4 atom stereocenters. The Balaban J connectivity index is 2.26. The Labute approximate surface area is 130 Å². The third-order valence-electron chi connectivity index (χ3n) is 3.92. The van der Waals surface area contributed by atoms with E-state index in [1.807, 2.05) is 17.9 Å². The molecule has 4 nitrogen and oxygen atoms in total. The van der Waals surface area contributed by atoms with Gasteiger partial charge < -0.3 is 10.1 Å². The first-order chi connectivity index (χ1) is 9.62. The van der Waals surface area contributed by atoms with E-state index in [4.69, 9.17) is 4.74 Å². The van der Waals surface area contributed by atoms with Crippen LogP contribution in [0.2, 0.25) is 0 Å². The highest BCUT2D eigenvalue weighted by Gasteiger charge is 2.34. The summed E-state index contributed by atoms with van der Waals surface area (Å²) in [6.45, 7) is 7.64. The molecule has 0 amide bonds. The van der Waals surface area contributed by atoms with Crippen LogP contribution in [-0.4, -0.2) is 45.4 Å². The van der Waals surface area contributed by atoms with Crippen molar-refractivity contribution in [1.29, 1.82) is 0 Å². The second kappa shape index (κ2) is 7.09. The summed E-state index contributed by atoms with van der Waals surface area (Å²) >= 11 is 4.15. The Morgan fingerprint density at radius 2 is 2.25 bits per heavy atom. The van der Waals surface area contributed by atoms with E-state index in [1.165, 1.54) is 11.4 Å². The lowest BCUT2D eigenvalue weighted by molar-refractivity contribution is 0.395. The molecule has 1 aromatic rings. The highest BCUT2D eigenvalue weighted by molar-refractivity contribution is 8.07. The summed E-state index contributed by atoms with van der Waals surface area (Å²) in [5.74, 6) is 2.06. The molecule has 0 spiro atoms. The predicted octanol–water partition coefficient (Wildman–Crippen LogP) is 2.80. The zero-order valence-corrected chi connectivity index (χ0v) is 14.6. The summed E-state index contributed by atoms with van der Waals surface area (Å²) in [6, 6.07) is 0.278. The van der Waals surface area contributed by atoms with E-state index in [1.54, 1.807) is 7.11 Å². The van der Waals surface area contributed by atoms with Gasteiger partial charge in [-0.05, 0) is 14.0 Å². The third-order valence-corrected chi connectivity index (χ3v) is 7.41. The van der Waals surface area contributed by atoms with Crippen LogP contribution in [0.25, 0.3) is 0 Å². The number of aromatic nitrogens is 2. The molecule has 2 heterocycles. The van der Waals surface area contributed by atoms with E-state index < -0.39 is 0 Å². The smallest absolute Gasteiger partial charge is 0.161 e. The van der Waals surface area contributed by atoms with Crippen LogP contribution in [0, 0.1) is 0 Å². The second-order valence-electron chi connectivity index (χ2n) is 5.10. The van der Waals surface area contributed by atoms with E-state index in [-0.39, 0.29) is 6.04 Å². The quantitative estimate of drug-likeness (QED) is 0.904. The van der Waals surface area contributed by atoms with Crippen LogP contribution in [0.1, 0.15) is 32.5 Å². The lowest BCUT2D eigenvalue weighted by atomic mass is 10.1. The van der Waals surface area contributed by atoms with Crippen LogP contribution in [0.3, 0.4) is 0 Å². The van der Waals surface area contributed by atoms with E-state index in [2.05, 4.69) is 54.7 Å². The average molecular weight is 316 g/mol. The van der Waals surface area contributed by atoms with Gasteiger partial charge in [-0.2, -0.15) is 28.6 Å². The lowest BCUT2D eigenvalue weighted by Gasteiger charge is -2.36. The maximum absolute atomic E-state index is 5.51. The highest BCUT2D eigenvalue weighted by atomic mass is 32.2. The maximum Gasteiger partial charge on any atom is 0.161 e. The van der Waals surface area contributed by atoms with Gasteiger partial charge in [0.15, 0.2) is 5.75 Å². The first-order valence-corrected chi connectivity index (χ1v) is 9.15. The predicted molar refractivity (Wildman–Crippen MR) is 89.0 cm³/mol. The largest absolute Gasteiger partial charge is 0.493 e. The molecule has 1 N–H and O–H groups in total. The van der Waals surface area contributed by atoms with E-state index in [0.29, 0.717) is 10.5 Å². The SMILES string of the molecule is CCn1ncc(OC)c1C(NC)C1CSC(C)C(C)S1. The number of hydrogen-bond acceptors (Lipinski definition) is 5. The second-order valence-corrected chi connectivity index (χ2v) is 8.13. The van der Waals surface area contributed by atoms with Crippen LogP contribution >= 0.6 is 23.5 Å². The molecule has 4 unspecified atom stereocenters. The van der Waals surface area contributed by atoms with Gasteiger partial charge in [0, 0.05) is 28.0 Å². The van der Waals surface area contributed by atoms with Crippen molar-refractivity contribution in [2.45, 2.75) is 49.1 Å². The van der Waals surface area contributed by atoms with Crippen molar-refractivity contribution in [3.05, 3.63) is 11.9 Å². The standard InChI is InChI=1S/C14H25N3OS2/c1-6-17-14(11(18-5)7-16-17)13(15-4)12-8-19-9(2)10(3)20-12/h7,9-10,12-13,15H,6,8H2,1-5H3. The molecule has 6 heteroatoms. The third kappa shape index (κ3) is 3.12. The Hall–Kier alpha value is -0.330. The van der Waals surface area contributed by atoms with Crippen molar-refractivity contribution in [2.75, 3.05) is 19.9 Å². The van der Waals surface area contributed by atoms with Gasteiger partial charge in [-0.15, -0.1) is 0 Å². The molecule has 1 aromatic heterocycles. The van der Waals surface area contributed by atoms with Crippen molar-refractivity contribution in [3.8, 4) is 5.75 Å². The van der Waals surface area contributed by atoms with E-state index in [9.17, 15) is 0 Å². The minimum absolute atomic E-state index is 0.278. The van der Waals surface area contributed by atoms with Gasteiger partial charge in [0.2, 0.25) is 0 Å². The lowest BCUT2D eigenvalue weighted by Crippen LogP contribution is -2.37. The molecule has 20 heavy (non-hydrogen) atoms. The monoisotopic (exact) mass is 315 g/mol. The topological polar surface area (TPSA) is 39.1 Å². The Bertz CT molecular complexity index is 417. The van der Waals surface area contributed by atoms with E-state index in [0.717, 1.165) is 17.5 Å². The van der Waals surface area contributed by atoms with E-state index >= 15 is 0 Å². The number of hydrogen-bond donors (Lipinski definition) is 1. The molecule has 0 bridgehead atoms. The summed E-state index contributed by atoms with van der Waals surface area (Å²) < 4.78 is 7.56. The molecule has 1 aliphatic rings. The van der Waals surface area contributed by atoms with Gasteiger partial charge in [0.1, 0.15) is 0 Å². The van der Waals surface area contributed by atoms with Crippen molar-refractivity contribution >= 4 is 23.5 Å². The number of rotatable bonds is 5. The number of aryl methyl sites for hydroxylation is 1. The normalized spacial score (nSPS) is 28.4. The van der Waals surface area contributed by atoms with Crippen molar-refractivity contribution < 1.29 is 4.74 Å². The van der Waals surface area contributed by atoms with Crippen LogP contribution < -0.4 is 10.1 Å². The van der Waals surface area contributed by atoms with Gasteiger partial charge >= 0.3 is 0 Å². The average Bonchev–Trinajstić information content (AvgIpc) is 2.86. The van der Waals surface area contributed by atoms with Gasteiger partial charge in [-0.1, -0.05) is 13.8 Å². The van der Waals surface area contributed by atoms with Crippen LogP contribution in [0.4, 0.5) is 0 Å². The molecule has 0 aromatic carbocycles. The number of methoxy groups -OCH3 is 1. The number of nitrogens with one attached hydrogen (secondary N) is 1. The van der Waals surface area contributed by atoms with Gasteiger partial charge in [-0.25, -0.2) is 0 Å². The summed E-state index contributed by atoms with van der Waals surface area (Å²) in [5.41, 5.74) is 1.18. The molecule has 1 aliphatic heterocycles. The Morgan fingerprint density at radius 3 is 2.80 bits per heavy atom. The van der Waals surface area contributed by atoms with Crippen molar-refractivity contribution in [1.82, 2.24) is 15.1 Å². The first kappa shape index (κ1) is 16.0. The minimum Gasteiger partial charge on any atom is -0.493 e. The number of thioether (sulfide) groups is 2. The summed E-state index contributed by atoms with van der Waals surface area (Å²) in [4.78, 5) is 0. The molecule has 114 valence electrons. The van der Waals surface area contributed by atoms with Gasteiger partial charge in [0.05, 0.1) is 25.0 Å². The fourth-order valence-corrected chi connectivity index (χ4v) is 5.71. The first-order valence-electron chi connectivity index (χ1n) is 7.16. The summed E-state index contributed by atoms with van der Waals surface area (Å²) in [7, 11) is 3.76. The minimum atomic E-state index is 0.278. The Morgan fingerprint density at radius 1 is 1.50 bits per heavy atom. The molecule has 1 fully saturated rings. The van der Waals surface area contributed by atoms with Gasteiger partial charge in [-0.3, -0.25) is 4.68 Å². The molecule has 0 saturated carbocycles. The summed E-state index contributed by atoms with van der Waals surface area (Å²) in [5, 5.41) is 9.88. The van der Waals surface area contributed by atoms with Crippen molar-refractivity contribution in [2.24, 2.45) is 0 Å². The molecule has 2 rings (SSSR count). The summed E-state index contributed by atoms with van der Waals surface area (Å²) in [6.07, 6.45) is 1.83. The fourth-order valence-electron chi connectivity index (χ4n) is 2.58. The van der Waals surface area contributed by atoms with Crippen LogP contribution in [0.5, 0.6) is 5.75 Å². The zero-order valence-electron chi connectivity index (χ0n) is 12.9. The number of ether oxygens (including phenoxy) is 1. The zero-order chi connectivity index (χ0) is 14.7. The fraction of sp³-hybridized carbons (Fsp3) is 0.786. The highest BCUT2D eigenvalue weighted by Crippen LogP contribution is 2.42. The molecule has 1 saturated heterocycles. The molecular weight excluding hydrogens is 290 g/mol. The van der Waals surface area contributed by atoms with Crippen molar-refractivity contribution in [3.63, 3.8) is 0 Å². The van der Waals surface area contributed by atoms with Gasteiger partial charge in [0.25, 0.3) is 0 Å². The van der Waals surface area contributed by atoms with Crippen LogP contribution in [-0.2, 0) is 6.54 Å².